The zero-order chi connectivity index (χ0) is 18.5. The Balaban J connectivity index is 2.16. The highest BCUT2D eigenvalue weighted by molar-refractivity contribution is 5.67. The normalized spacial score (nSPS) is 21.2. The summed E-state index contributed by atoms with van der Waals surface area (Å²) in [5, 5.41) is 13.0. The Morgan fingerprint density at radius 2 is 1.88 bits per heavy atom. The van der Waals surface area contributed by atoms with E-state index in [1.54, 1.807) is 0 Å². The molecule has 6 nitrogen and oxygen atoms in total. The standard InChI is InChI=1S/C13H8F6N4O2/c14-12(15,16)9-6-7(8-2-1-5-25-8)21-10(22-9)23-11(24,3-4-20-23)13(17,18)19/h1-2,4-6,24H,3H2/t11-/m0/s1. The average molecular weight is 366 g/mol. The highest BCUT2D eigenvalue weighted by Crippen LogP contribution is 2.41. The lowest BCUT2D eigenvalue weighted by molar-refractivity contribution is -0.254. The third-order valence-corrected chi connectivity index (χ3v) is 3.35. The smallest absolute Gasteiger partial charge is 0.438 e. The van der Waals surface area contributed by atoms with Gasteiger partial charge >= 0.3 is 12.4 Å². The summed E-state index contributed by atoms with van der Waals surface area (Å²) >= 11 is 0. The van der Waals surface area contributed by atoms with Gasteiger partial charge < -0.3 is 9.52 Å². The number of aliphatic hydroxyl groups is 1. The zero-order valence-electron chi connectivity index (χ0n) is 12.0. The molecule has 0 unspecified atom stereocenters. The molecular weight excluding hydrogens is 358 g/mol. The largest absolute Gasteiger partial charge is 0.463 e. The SMILES string of the molecule is O[C@]1(C(F)(F)F)CC=NN1c1nc(-c2ccco2)cc(C(F)(F)F)n1. The maximum absolute atomic E-state index is 13.1. The number of halogens is 6. The Labute approximate surface area is 135 Å². The predicted octanol–water partition coefficient (Wildman–Crippen LogP) is 3.20. The van der Waals surface area contributed by atoms with E-state index in [4.69, 9.17) is 4.42 Å². The second-order valence-electron chi connectivity index (χ2n) is 5.04. The molecule has 0 saturated carbocycles. The van der Waals surface area contributed by atoms with E-state index in [1.807, 2.05) is 0 Å². The molecular formula is C13H8F6N4O2. The predicted molar refractivity (Wildman–Crippen MR) is 71.3 cm³/mol. The van der Waals surface area contributed by atoms with E-state index in [-0.39, 0.29) is 10.8 Å². The van der Waals surface area contributed by atoms with Crippen LogP contribution in [0.2, 0.25) is 0 Å². The van der Waals surface area contributed by atoms with E-state index in [1.165, 1.54) is 12.1 Å². The summed E-state index contributed by atoms with van der Waals surface area (Å²) in [6.07, 6.45) is -9.27. The van der Waals surface area contributed by atoms with Crippen LogP contribution >= 0.6 is 0 Å². The highest BCUT2D eigenvalue weighted by Gasteiger charge is 2.61. The first-order chi connectivity index (χ1) is 11.5. The topological polar surface area (TPSA) is 74.8 Å². The molecule has 134 valence electrons. The molecule has 1 aliphatic heterocycles. The third-order valence-electron chi connectivity index (χ3n) is 3.35. The van der Waals surface area contributed by atoms with Crippen LogP contribution in [0.3, 0.4) is 0 Å². The zero-order valence-corrected chi connectivity index (χ0v) is 12.0. The van der Waals surface area contributed by atoms with E-state index in [2.05, 4.69) is 15.1 Å². The van der Waals surface area contributed by atoms with Gasteiger partial charge in [0.15, 0.2) is 11.5 Å². The van der Waals surface area contributed by atoms with Crippen LogP contribution < -0.4 is 5.01 Å². The summed E-state index contributed by atoms with van der Waals surface area (Å²) in [6, 6.07) is 3.16. The number of nitrogens with zero attached hydrogens (tertiary/aromatic N) is 4. The molecule has 12 heteroatoms. The van der Waals surface area contributed by atoms with Crippen LogP contribution in [-0.4, -0.2) is 33.2 Å². The van der Waals surface area contributed by atoms with Crippen LogP contribution in [0.15, 0.2) is 34.0 Å². The number of rotatable bonds is 2. The average Bonchev–Trinajstić information content (AvgIpc) is 3.15. The van der Waals surface area contributed by atoms with Crippen molar-refractivity contribution in [2.45, 2.75) is 24.5 Å². The second-order valence-corrected chi connectivity index (χ2v) is 5.04. The monoisotopic (exact) mass is 366 g/mol. The van der Waals surface area contributed by atoms with Gasteiger partial charge in [0.2, 0.25) is 5.95 Å². The minimum atomic E-state index is -5.20. The maximum Gasteiger partial charge on any atom is 0.438 e. The third kappa shape index (κ3) is 2.92. The number of furan rings is 1. The molecule has 2 aromatic heterocycles. The molecule has 0 fully saturated rings. The van der Waals surface area contributed by atoms with Crippen molar-refractivity contribution in [1.82, 2.24) is 9.97 Å². The minimum absolute atomic E-state index is 0.0886. The van der Waals surface area contributed by atoms with Crippen molar-refractivity contribution in [1.29, 1.82) is 0 Å². The lowest BCUT2D eigenvalue weighted by atomic mass is 10.1. The van der Waals surface area contributed by atoms with Crippen LogP contribution in [0, 0.1) is 0 Å². The molecule has 0 bridgehead atoms. The van der Waals surface area contributed by atoms with Gasteiger partial charge in [-0.1, -0.05) is 0 Å². The van der Waals surface area contributed by atoms with Crippen molar-refractivity contribution in [2.75, 3.05) is 5.01 Å². The molecule has 1 aliphatic rings. The van der Waals surface area contributed by atoms with Crippen LogP contribution in [0.1, 0.15) is 12.1 Å². The fourth-order valence-corrected chi connectivity index (χ4v) is 2.11. The molecule has 3 rings (SSSR count). The van der Waals surface area contributed by atoms with Crippen molar-refractivity contribution < 1.29 is 35.9 Å². The molecule has 0 aromatic carbocycles. The molecule has 25 heavy (non-hydrogen) atoms. The van der Waals surface area contributed by atoms with Crippen molar-refractivity contribution in [3.63, 3.8) is 0 Å². The Kier molecular flexibility index (Phi) is 3.74. The number of hydrazone groups is 1. The fourth-order valence-electron chi connectivity index (χ4n) is 2.11. The van der Waals surface area contributed by atoms with Gasteiger partial charge in [-0.2, -0.15) is 36.5 Å². The molecule has 0 amide bonds. The first-order valence-electron chi connectivity index (χ1n) is 6.64. The summed E-state index contributed by atoms with van der Waals surface area (Å²) in [7, 11) is 0. The molecule has 2 aromatic rings. The summed E-state index contributed by atoms with van der Waals surface area (Å²) < 4.78 is 83.4. The fraction of sp³-hybridized carbons (Fsp3) is 0.308. The van der Waals surface area contributed by atoms with Crippen LogP contribution in [0.25, 0.3) is 11.5 Å². The first-order valence-corrected chi connectivity index (χ1v) is 6.64. The van der Waals surface area contributed by atoms with E-state index < -0.39 is 41.8 Å². The Bertz CT molecular complexity index is 802. The van der Waals surface area contributed by atoms with E-state index in [0.717, 1.165) is 6.26 Å². The molecule has 0 aliphatic carbocycles. The van der Waals surface area contributed by atoms with Gasteiger partial charge in [0, 0.05) is 12.6 Å². The summed E-state index contributed by atoms with van der Waals surface area (Å²) in [4.78, 5) is 6.71. The van der Waals surface area contributed by atoms with Gasteiger partial charge in [0.1, 0.15) is 5.69 Å². The summed E-state index contributed by atoms with van der Waals surface area (Å²) in [5.74, 6) is -1.18. The van der Waals surface area contributed by atoms with Crippen LogP contribution in [0.4, 0.5) is 32.3 Å². The van der Waals surface area contributed by atoms with Gasteiger partial charge in [0.05, 0.1) is 6.26 Å². The van der Waals surface area contributed by atoms with Crippen molar-refractivity contribution in [3.05, 3.63) is 30.2 Å². The molecule has 0 saturated heterocycles. The Morgan fingerprint density at radius 1 is 1.16 bits per heavy atom. The van der Waals surface area contributed by atoms with Gasteiger partial charge in [-0.25, -0.2) is 9.97 Å². The van der Waals surface area contributed by atoms with Gasteiger partial charge in [-0.3, -0.25) is 0 Å². The van der Waals surface area contributed by atoms with Crippen molar-refractivity contribution in [3.8, 4) is 11.5 Å². The molecule has 3 heterocycles. The second kappa shape index (κ2) is 5.44. The Hall–Kier alpha value is -2.63. The maximum atomic E-state index is 13.1. The van der Waals surface area contributed by atoms with E-state index in [9.17, 15) is 31.4 Å². The molecule has 1 N–H and O–H groups in total. The number of hydrogen-bond donors (Lipinski definition) is 1. The van der Waals surface area contributed by atoms with Crippen LogP contribution in [-0.2, 0) is 6.18 Å². The molecule has 0 radical (unpaired) electrons. The minimum Gasteiger partial charge on any atom is -0.463 e. The lowest BCUT2D eigenvalue weighted by Crippen LogP contribution is -2.55. The van der Waals surface area contributed by atoms with E-state index in [0.29, 0.717) is 12.3 Å². The molecule has 1 atom stereocenters. The molecule has 0 spiro atoms. The van der Waals surface area contributed by atoms with Gasteiger partial charge in [-0.05, 0) is 18.2 Å². The number of anilines is 1. The summed E-state index contributed by atoms with van der Waals surface area (Å²) in [5.41, 5.74) is -5.46. The quantitative estimate of drug-likeness (QED) is 0.827. The van der Waals surface area contributed by atoms with E-state index >= 15 is 0 Å². The number of hydrogen-bond acceptors (Lipinski definition) is 6. The van der Waals surface area contributed by atoms with Crippen LogP contribution in [0.5, 0.6) is 0 Å². The van der Waals surface area contributed by atoms with Gasteiger partial charge in [0.25, 0.3) is 5.72 Å². The summed E-state index contributed by atoms with van der Waals surface area (Å²) in [6.45, 7) is 0. The van der Waals surface area contributed by atoms with Crippen molar-refractivity contribution in [2.24, 2.45) is 5.10 Å². The number of alkyl halides is 6. The van der Waals surface area contributed by atoms with Gasteiger partial charge in [-0.15, -0.1) is 0 Å². The first kappa shape index (κ1) is 17.2. The van der Waals surface area contributed by atoms with Crippen molar-refractivity contribution >= 4 is 12.2 Å². The Morgan fingerprint density at radius 3 is 2.44 bits per heavy atom. The lowest BCUT2D eigenvalue weighted by Gasteiger charge is -2.32. The number of aromatic nitrogens is 2. The highest BCUT2D eigenvalue weighted by atomic mass is 19.4.